The van der Waals surface area contributed by atoms with Crippen LogP contribution in [0.25, 0.3) is 22.6 Å². The number of para-hydroxylation sites is 1. The van der Waals surface area contributed by atoms with E-state index in [4.69, 9.17) is 14.5 Å². The zero-order valence-corrected chi connectivity index (χ0v) is 19.0. The number of phenols is 1. The standard InChI is InChI=1S/C29H25NO4/c1-19-6-13-23(14-7-19)33-16-17-34-29(32)27-24-4-2-3-5-26(24)30-28-21(10-15-25(27)28)18-20-8-11-22(31)12-9-20/h2-9,11-14,18,31H,10,15-17H2,1H3/b21-18+. The highest BCUT2D eigenvalue weighted by Gasteiger charge is 2.27. The van der Waals surface area contributed by atoms with E-state index in [1.807, 2.05) is 67.6 Å². The number of allylic oxidation sites excluding steroid dienone is 1. The molecular formula is C29H25NO4. The highest BCUT2D eigenvalue weighted by atomic mass is 16.6. The SMILES string of the molecule is Cc1ccc(OCCOC(=O)c2c3c(nc4ccccc24)/C(=C/c2ccc(O)cc2)CC3)cc1. The Labute approximate surface area is 198 Å². The van der Waals surface area contributed by atoms with E-state index in [0.29, 0.717) is 5.56 Å². The number of esters is 1. The number of rotatable bonds is 6. The molecular weight excluding hydrogens is 426 g/mol. The first kappa shape index (κ1) is 21.7. The highest BCUT2D eigenvalue weighted by Crippen LogP contribution is 2.37. The van der Waals surface area contributed by atoms with Crippen molar-refractivity contribution in [1.29, 1.82) is 0 Å². The molecule has 0 aliphatic heterocycles. The molecule has 5 rings (SSSR count). The van der Waals surface area contributed by atoms with Gasteiger partial charge in [-0.1, -0.05) is 48.0 Å². The van der Waals surface area contributed by atoms with E-state index in [9.17, 15) is 9.90 Å². The van der Waals surface area contributed by atoms with Crippen LogP contribution in [0.1, 0.15) is 39.2 Å². The molecule has 1 heterocycles. The molecule has 1 aliphatic rings. The van der Waals surface area contributed by atoms with Crippen LogP contribution in [-0.4, -0.2) is 29.3 Å². The number of phenolic OH excluding ortho intramolecular Hbond substituents is 1. The van der Waals surface area contributed by atoms with Gasteiger partial charge in [0.2, 0.25) is 0 Å². The number of carbonyl (C=O) groups is 1. The van der Waals surface area contributed by atoms with E-state index in [2.05, 4.69) is 6.08 Å². The Kier molecular flexibility index (Phi) is 6.00. The average molecular weight is 452 g/mol. The Hall–Kier alpha value is -4.12. The van der Waals surface area contributed by atoms with Crippen molar-refractivity contribution >= 4 is 28.5 Å². The monoisotopic (exact) mass is 451 g/mol. The van der Waals surface area contributed by atoms with Crippen LogP contribution >= 0.6 is 0 Å². The van der Waals surface area contributed by atoms with Gasteiger partial charge in [0.15, 0.2) is 0 Å². The lowest BCUT2D eigenvalue weighted by molar-refractivity contribution is 0.0451. The van der Waals surface area contributed by atoms with Crippen LogP contribution in [-0.2, 0) is 11.2 Å². The van der Waals surface area contributed by atoms with Crippen LogP contribution in [0, 0.1) is 6.92 Å². The maximum atomic E-state index is 13.2. The number of aryl methyl sites for hydroxylation is 1. The Morgan fingerprint density at radius 2 is 1.74 bits per heavy atom. The van der Waals surface area contributed by atoms with Crippen molar-refractivity contribution in [1.82, 2.24) is 4.98 Å². The molecule has 1 N–H and O–H groups in total. The van der Waals surface area contributed by atoms with Gasteiger partial charge in [0.25, 0.3) is 0 Å². The second kappa shape index (κ2) is 9.40. The summed E-state index contributed by atoms with van der Waals surface area (Å²) in [5, 5.41) is 10.4. The van der Waals surface area contributed by atoms with Crippen LogP contribution in [0.5, 0.6) is 11.5 Å². The zero-order chi connectivity index (χ0) is 23.5. The van der Waals surface area contributed by atoms with E-state index in [1.54, 1.807) is 12.1 Å². The van der Waals surface area contributed by atoms with Gasteiger partial charge in [-0.15, -0.1) is 0 Å². The van der Waals surface area contributed by atoms with Crippen molar-refractivity contribution in [2.45, 2.75) is 19.8 Å². The molecule has 1 aromatic heterocycles. The summed E-state index contributed by atoms with van der Waals surface area (Å²) in [5.74, 6) is 0.628. The predicted octanol–water partition coefficient (Wildman–Crippen LogP) is 5.97. The topological polar surface area (TPSA) is 68.7 Å². The fourth-order valence-corrected chi connectivity index (χ4v) is 4.28. The Morgan fingerprint density at radius 1 is 0.971 bits per heavy atom. The number of benzene rings is 3. The molecule has 0 radical (unpaired) electrons. The van der Waals surface area contributed by atoms with Crippen LogP contribution in [0.4, 0.5) is 0 Å². The summed E-state index contributed by atoms with van der Waals surface area (Å²) in [5.41, 5.74) is 6.34. The number of pyridine rings is 1. The predicted molar refractivity (Wildman–Crippen MR) is 133 cm³/mol. The van der Waals surface area contributed by atoms with Gasteiger partial charge in [0.1, 0.15) is 24.7 Å². The maximum absolute atomic E-state index is 13.2. The fourth-order valence-electron chi connectivity index (χ4n) is 4.28. The molecule has 170 valence electrons. The zero-order valence-electron chi connectivity index (χ0n) is 19.0. The Morgan fingerprint density at radius 3 is 2.53 bits per heavy atom. The summed E-state index contributed by atoms with van der Waals surface area (Å²) in [6, 6.07) is 22.5. The quantitative estimate of drug-likeness (QED) is 0.289. The molecule has 5 heteroatoms. The molecule has 0 bridgehead atoms. The number of fused-ring (bicyclic) bond motifs is 2. The fraction of sp³-hybridized carbons (Fsp3) is 0.172. The van der Waals surface area contributed by atoms with Gasteiger partial charge in [-0.25, -0.2) is 9.78 Å². The van der Waals surface area contributed by atoms with E-state index >= 15 is 0 Å². The van der Waals surface area contributed by atoms with E-state index in [0.717, 1.165) is 57.5 Å². The normalized spacial score (nSPS) is 13.7. The molecule has 5 nitrogen and oxygen atoms in total. The molecule has 0 atom stereocenters. The molecule has 1 aliphatic carbocycles. The van der Waals surface area contributed by atoms with Crippen LogP contribution in [0.3, 0.4) is 0 Å². The lowest BCUT2D eigenvalue weighted by Crippen LogP contribution is -2.15. The number of aromatic hydroxyl groups is 1. The molecule has 4 aromatic rings. The van der Waals surface area contributed by atoms with E-state index in [-0.39, 0.29) is 24.9 Å². The smallest absolute Gasteiger partial charge is 0.339 e. The molecule has 0 spiro atoms. The Bertz CT molecular complexity index is 1370. The summed E-state index contributed by atoms with van der Waals surface area (Å²) < 4.78 is 11.3. The van der Waals surface area contributed by atoms with Gasteiger partial charge in [0, 0.05) is 5.39 Å². The Balaban J connectivity index is 1.40. The van der Waals surface area contributed by atoms with Crippen molar-refractivity contribution in [3.8, 4) is 11.5 Å². The second-order valence-corrected chi connectivity index (χ2v) is 8.39. The average Bonchev–Trinajstić information content (AvgIpc) is 3.24. The first-order chi connectivity index (χ1) is 16.6. The number of ether oxygens (including phenoxy) is 2. The van der Waals surface area contributed by atoms with Crippen molar-refractivity contribution < 1.29 is 19.4 Å². The van der Waals surface area contributed by atoms with Crippen LogP contribution in [0.15, 0.2) is 72.8 Å². The first-order valence-corrected chi connectivity index (χ1v) is 11.4. The molecule has 3 aromatic carbocycles. The molecule has 0 unspecified atom stereocenters. The number of hydrogen-bond donors (Lipinski definition) is 1. The second-order valence-electron chi connectivity index (χ2n) is 8.39. The van der Waals surface area contributed by atoms with E-state index < -0.39 is 0 Å². The van der Waals surface area contributed by atoms with Gasteiger partial charge in [0.05, 0.1) is 16.8 Å². The van der Waals surface area contributed by atoms with Gasteiger partial charge in [-0.05, 0) is 72.9 Å². The summed E-state index contributed by atoms with van der Waals surface area (Å²) in [4.78, 5) is 18.1. The first-order valence-electron chi connectivity index (χ1n) is 11.4. The molecule has 0 saturated heterocycles. The number of nitrogens with zero attached hydrogens (tertiary/aromatic N) is 1. The van der Waals surface area contributed by atoms with Gasteiger partial charge in [-0.3, -0.25) is 0 Å². The van der Waals surface area contributed by atoms with E-state index in [1.165, 1.54) is 0 Å². The van der Waals surface area contributed by atoms with Crippen molar-refractivity contribution in [2.75, 3.05) is 13.2 Å². The van der Waals surface area contributed by atoms with Crippen molar-refractivity contribution in [3.05, 3.63) is 101 Å². The van der Waals surface area contributed by atoms with Crippen LogP contribution in [0.2, 0.25) is 0 Å². The number of hydrogen-bond acceptors (Lipinski definition) is 5. The molecule has 0 amide bonds. The van der Waals surface area contributed by atoms with Gasteiger partial charge < -0.3 is 14.6 Å². The molecule has 0 fully saturated rings. The lowest BCUT2D eigenvalue weighted by atomic mass is 10.0. The molecule has 0 saturated carbocycles. The summed E-state index contributed by atoms with van der Waals surface area (Å²) in [6.07, 6.45) is 3.58. The van der Waals surface area contributed by atoms with Gasteiger partial charge >= 0.3 is 5.97 Å². The van der Waals surface area contributed by atoms with Crippen LogP contribution < -0.4 is 4.74 Å². The summed E-state index contributed by atoms with van der Waals surface area (Å²) in [6.45, 7) is 2.47. The largest absolute Gasteiger partial charge is 0.508 e. The van der Waals surface area contributed by atoms with Crippen molar-refractivity contribution in [2.24, 2.45) is 0 Å². The number of aromatic nitrogens is 1. The third-order valence-electron chi connectivity index (χ3n) is 5.99. The van der Waals surface area contributed by atoms with Crippen molar-refractivity contribution in [3.63, 3.8) is 0 Å². The lowest BCUT2D eigenvalue weighted by Gasteiger charge is -2.13. The summed E-state index contributed by atoms with van der Waals surface area (Å²) >= 11 is 0. The third-order valence-corrected chi connectivity index (χ3v) is 5.99. The number of carbonyl (C=O) groups excluding carboxylic acids is 1. The van der Waals surface area contributed by atoms with Gasteiger partial charge in [-0.2, -0.15) is 0 Å². The summed E-state index contributed by atoms with van der Waals surface area (Å²) in [7, 11) is 0. The maximum Gasteiger partial charge on any atom is 0.339 e. The third kappa shape index (κ3) is 4.50. The highest BCUT2D eigenvalue weighted by molar-refractivity contribution is 6.07. The molecule has 34 heavy (non-hydrogen) atoms. The minimum Gasteiger partial charge on any atom is -0.508 e. The minimum atomic E-state index is -0.353. The minimum absolute atomic E-state index is 0.161.